The molecule has 0 aliphatic heterocycles. The van der Waals surface area contributed by atoms with Crippen molar-refractivity contribution in [3.63, 3.8) is 0 Å². The van der Waals surface area contributed by atoms with Crippen LogP contribution in [-0.4, -0.2) is 24.4 Å². The molecule has 1 N–H and O–H groups in total. The minimum absolute atomic E-state index is 0.0585. The summed E-state index contributed by atoms with van der Waals surface area (Å²) in [5, 5.41) is 3.66. The second-order valence-electron chi connectivity index (χ2n) is 5.10. The van der Waals surface area contributed by atoms with Gasteiger partial charge in [0, 0.05) is 17.8 Å². The van der Waals surface area contributed by atoms with E-state index in [-0.39, 0.29) is 24.3 Å². The predicted octanol–water partition coefficient (Wildman–Crippen LogP) is 4.11. The highest BCUT2D eigenvalue weighted by Gasteiger charge is 2.17. The smallest absolute Gasteiger partial charge is 0.242 e. The van der Waals surface area contributed by atoms with Crippen LogP contribution in [0.3, 0.4) is 0 Å². The number of anilines is 1. The van der Waals surface area contributed by atoms with Gasteiger partial charge in [-0.1, -0.05) is 29.8 Å². The van der Waals surface area contributed by atoms with Crippen molar-refractivity contribution in [1.29, 1.82) is 0 Å². The number of likely N-dealkylation sites (N-methyl/N-ethyl adjacent to an activating group) is 1. The zero-order valence-corrected chi connectivity index (χ0v) is 13.3. The van der Waals surface area contributed by atoms with Crippen LogP contribution >= 0.6 is 11.6 Å². The average Bonchev–Trinajstić information content (AvgIpc) is 2.52. The monoisotopic (exact) mass is 320 g/mol. The number of halogens is 2. The van der Waals surface area contributed by atoms with Crippen LogP contribution in [0, 0.1) is 5.82 Å². The molecule has 22 heavy (non-hydrogen) atoms. The first-order valence-corrected chi connectivity index (χ1v) is 7.35. The van der Waals surface area contributed by atoms with Gasteiger partial charge in [-0.25, -0.2) is 4.39 Å². The molecular formula is C17H18ClFN2O. The predicted molar refractivity (Wildman–Crippen MR) is 87.5 cm³/mol. The first-order chi connectivity index (χ1) is 10.5. The van der Waals surface area contributed by atoms with E-state index in [2.05, 4.69) is 5.32 Å². The number of hydrogen-bond acceptors (Lipinski definition) is 2. The number of hydrogen-bond donors (Lipinski definition) is 1. The van der Waals surface area contributed by atoms with E-state index in [4.69, 9.17) is 11.6 Å². The number of rotatable bonds is 5. The van der Waals surface area contributed by atoms with E-state index in [1.54, 1.807) is 36.2 Å². The second kappa shape index (κ2) is 7.27. The lowest BCUT2D eigenvalue weighted by Crippen LogP contribution is -2.34. The summed E-state index contributed by atoms with van der Waals surface area (Å²) in [6, 6.07) is 13.2. The third-order valence-corrected chi connectivity index (χ3v) is 3.83. The van der Waals surface area contributed by atoms with Gasteiger partial charge in [0.15, 0.2) is 0 Å². The van der Waals surface area contributed by atoms with E-state index in [0.29, 0.717) is 5.02 Å². The van der Waals surface area contributed by atoms with Crippen molar-refractivity contribution in [1.82, 2.24) is 4.90 Å². The summed E-state index contributed by atoms with van der Waals surface area (Å²) in [4.78, 5) is 13.9. The zero-order chi connectivity index (χ0) is 16.1. The van der Waals surface area contributed by atoms with Crippen LogP contribution in [0.4, 0.5) is 10.1 Å². The topological polar surface area (TPSA) is 32.3 Å². The van der Waals surface area contributed by atoms with E-state index < -0.39 is 0 Å². The van der Waals surface area contributed by atoms with Gasteiger partial charge in [0.1, 0.15) is 5.82 Å². The van der Waals surface area contributed by atoms with Gasteiger partial charge in [-0.15, -0.1) is 0 Å². The van der Waals surface area contributed by atoms with Gasteiger partial charge in [0.25, 0.3) is 0 Å². The Balaban J connectivity index is 1.95. The molecule has 0 fully saturated rings. The van der Waals surface area contributed by atoms with E-state index in [0.717, 1.165) is 11.3 Å². The molecule has 0 spiro atoms. The SMILES string of the molecule is CC(c1ccc(F)cc1)N(C)C(=O)CNc1cccc(Cl)c1. The maximum atomic E-state index is 12.9. The van der Waals surface area contributed by atoms with E-state index in [9.17, 15) is 9.18 Å². The Morgan fingerprint density at radius 1 is 1.27 bits per heavy atom. The molecule has 0 radical (unpaired) electrons. The number of amides is 1. The molecule has 0 saturated heterocycles. The molecule has 0 aliphatic rings. The normalized spacial score (nSPS) is 11.8. The Bertz CT molecular complexity index is 645. The quantitative estimate of drug-likeness (QED) is 0.899. The molecule has 1 unspecified atom stereocenters. The zero-order valence-electron chi connectivity index (χ0n) is 12.5. The largest absolute Gasteiger partial charge is 0.376 e. The van der Waals surface area contributed by atoms with Gasteiger partial charge in [-0.3, -0.25) is 4.79 Å². The molecule has 0 saturated carbocycles. The lowest BCUT2D eigenvalue weighted by molar-refractivity contribution is -0.129. The molecule has 2 rings (SSSR count). The van der Waals surface area contributed by atoms with Gasteiger partial charge in [0.2, 0.25) is 5.91 Å². The molecule has 0 bridgehead atoms. The molecule has 0 aromatic heterocycles. The van der Waals surface area contributed by atoms with Crippen molar-refractivity contribution < 1.29 is 9.18 Å². The summed E-state index contributed by atoms with van der Waals surface area (Å²) >= 11 is 5.90. The molecule has 3 nitrogen and oxygen atoms in total. The van der Waals surface area contributed by atoms with Crippen molar-refractivity contribution in [2.75, 3.05) is 18.9 Å². The lowest BCUT2D eigenvalue weighted by atomic mass is 10.1. The minimum atomic E-state index is -0.285. The minimum Gasteiger partial charge on any atom is -0.376 e. The van der Waals surface area contributed by atoms with Crippen molar-refractivity contribution in [2.45, 2.75) is 13.0 Å². The summed E-state index contributed by atoms with van der Waals surface area (Å²) in [6.45, 7) is 2.08. The summed E-state index contributed by atoms with van der Waals surface area (Å²) in [5.74, 6) is -0.343. The highest BCUT2D eigenvalue weighted by molar-refractivity contribution is 6.30. The average molecular weight is 321 g/mol. The molecule has 2 aromatic carbocycles. The first kappa shape index (κ1) is 16.3. The van der Waals surface area contributed by atoms with Crippen molar-refractivity contribution in [3.05, 3.63) is 64.9 Å². The maximum absolute atomic E-state index is 12.9. The van der Waals surface area contributed by atoms with Crippen molar-refractivity contribution in [2.24, 2.45) is 0 Å². The highest BCUT2D eigenvalue weighted by Crippen LogP contribution is 2.19. The molecule has 5 heteroatoms. The van der Waals surface area contributed by atoms with E-state index in [1.807, 2.05) is 19.1 Å². The number of nitrogens with zero attached hydrogens (tertiary/aromatic N) is 1. The van der Waals surface area contributed by atoms with Crippen LogP contribution < -0.4 is 5.32 Å². The number of benzene rings is 2. The van der Waals surface area contributed by atoms with Crippen LogP contribution in [0.25, 0.3) is 0 Å². The van der Waals surface area contributed by atoms with Crippen LogP contribution in [0.15, 0.2) is 48.5 Å². The summed E-state index contributed by atoms with van der Waals surface area (Å²) < 4.78 is 12.9. The fourth-order valence-electron chi connectivity index (χ4n) is 2.08. The summed E-state index contributed by atoms with van der Waals surface area (Å²) in [7, 11) is 1.73. The van der Waals surface area contributed by atoms with E-state index in [1.165, 1.54) is 12.1 Å². The van der Waals surface area contributed by atoms with E-state index >= 15 is 0 Å². The Labute approximate surface area is 134 Å². The number of carbonyl (C=O) groups excluding carboxylic acids is 1. The van der Waals surface area contributed by atoms with Crippen LogP contribution in [0.1, 0.15) is 18.5 Å². The maximum Gasteiger partial charge on any atom is 0.242 e. The molecule has 1 atom stereocenters. The summed E-state index contributed by atoms with van der Waals surface area (Å²) in [5.41, 5.74) is 1.68. The van der Waals surface area contributed by atoms with Crippen molar-refractivity contribution in [3.8, 4) is 0 Å². The fraction of sp³-hybridized carbons (Fsp3) is 0.235. The van der Waals surface area contributed by atoms with Crippen LogP contribution in [0.2, 0.25) is 5.02 Å². The van der Waals surface area contributed by atoms with Crippen LogP contribution in [0.5, 0.6) is 0 Å². The number of nitrogens with one attached hydrogen (secondary N) is 1. The highest BCUT2D eigenvalue weighted by atomic mass is 35.5. The second-order valence-corrected chi connectivity index (χ2v) is 5.53. The fourth-order valence-corrected chi connectivity index (χ4v) is 2.27. The molecular weight excluding hydrogens is 303 g/mol. The van der Waals surface area contributed by atoms with Crippen LogP contribution in [-0.2, 0) is 4.79 Å². The molecule has 0 heterocycles. The Morgan fingerprint density at radius 2 is 1.95 bits per heavy atom. The molecule has 1 amide bonds. The standard InChI is InChI=1S/C17H18ClFN2O/c1-12(13-6-8-15(19)9-7-13)21(2)17(22)11-20-16-5-3-4-14(18)10-16/h3-10,12,20H,11H2,1-2H3. The van der Waals surface area contributed by atoms with Gasteiger partial charge in [-0.2, -0.15) is 0 Å². The van der Waals surface area contributed by atoms with Gasteiger partial charge >= 0.3 is 0 Å². The lowest BCUT2D eigenvalue weighted by Gasteiger charge is -2.25. The Hall–Kier alpha value is -2.07. The van der Waals surface area contributed by atoms with Gasteiger partial charge in [-0.05, 0) is 42.8 Å². The number of carbonyl (C=O) groups is 1. The molecule has 0 aliphatic carbocycles. The van der Waals surface area contributed by atoms with Gasteiger partial charge < -0.3 is 10.2 Å². The van der Waals surface area contributed by atoms with Gasteiger partial charge in [0.05, 0.1) is 12.6 Å². The molecule has 116 valence electrons. The third kappa shape index (κ3) is 4.21. The Morgan fingerprint density at radius 3 is 2.59 bits per heavy atom. The molecule has 2 aromatic rings. The third-order valence-electron chi connectivity index (χ3n) is 3.60. The first-order valence-electron chi connectivity index (χ1n) is 6.98. The van der Waals surface area contributed by atoms with Crippen molar-refractivity contribution >= 4 is 23.2 Å². The summed E-state index contributed by atoms with van der Waals surface area (Å²) in [6.07, 6.45) is 0. The Kier molecular flexibility index (Phi) is 5.39.